The van der Waals surface area contributed by atoms with Crippen LogP contribution < -0.4 is 10.6 Å². The summed E-state index contributed by atoms with van der Waals surface area (Å²) >= 11 is 0. The van der Waals surface area contributed by atoms with Crippen LogP contribution in [-0.2, 0) is 23.2 Å². The number of aromatic nitrogens is 2. The van der Waals surface area contributed by atoms with Crippen molar-refractivity contribution in [1.29, 1.82) is 0 Å². The van der Waals surface area contributed by atoms with Crippen LogP contribution >= 0.6 is 0 Å². The zero-order valence-electron chi connectivity index (χ0n) is 14.7. The monoisotopic (exact) mass is 362 g/mol. The Hall–Kier alpha value is -3.81. The molecule has 27 heavy (non-hydrogen) atoms. The summed E-state index contributed by atoms with van der Waals surface area (Å²) in [5.74, 6) is -1.46. The largest absolute Gasteiger partial charge is 0.342 e. The van der Waals surface area contributed by atoms with Crippen molar-refractivity contribution in [1.82, 2.24) is 15.1 Å². The molecule has 8 heteroatoms. The predicted molar refractivity (Wildman–Crippen MR) is 101 cm³/mol. The van der Waals surface area contributed by atoms with Gasteiger partial charge in [-0.3, -0.25) is 14.3 Å². The number of amides is 2. The van der Waals surface area contributed by atoms with E-state index >= 15 is 0 Å². The van der Waals surface area contributed by atoms with Crippen LogP contribution in [-0.4, -0.2) is 21.6 Å². The molecule has 2 aromatic carbocycles. The van der Waals surface area contributed by atoms with Gasteiger partial charge in [-0.05, 0) is 42.5 Å². The van der Waals surface area contributed by atoms with Gasteiger partial charge in [-0.15, -0.1) is 0 Å². The molecule has 1 heterocycles. The first-order chi connectivity index (χ1) is 13.1. The Morgan fingerprint density at radius 1 is 0.926 bits per heavy atom. The predicted octanol–water partition coefficient (Wildman–Crippen LogP) is 3.09. The molecule has 2 amide bonds. The van der Waals surface area contributed by atoms with Crippen molar-refractivity contribution in [3.8, 4) is 0 Å². The maximum Gasteiger partial charge on any atom is 0.313 e. The van der Waals surface area contributed by atoms with Crippen LogP contribution in [0.3, 0.4) is 0 Å². The van der Waals surface area contributed by atoms with E-state index < -0.39 is 11.8 Å². The Morgan fingerprint density at radius 2 is 1.59 bits per heavy atom. The highest BCUT2D eigenvalue weighted by atomic mass is 16.2. The lowest BCUT2D eigenvalue weighted by molar-refractivity contribution is -0.136. The molecular formula is C19H18N6O2. The summed E-state index contributed by atoms with van der Waals surface area (Å²) < 4.78 is 1.63. The van der Waals surface area contributed by atoms with Gasteiger partial charge in [0.25, 0.3) is 0 Å². The fourth-order valence-electron chi connectivity index (χ4n) is 2.24. The first-order valence-corrected chi connectivity index (χ1v) is 8.25. The molecule has 0 spiro atoms. The highest BCUT2D eigenvalue weighted by Gasteiger charge is 2.14. The smallest absolute Gasteiger partial charge is 0.313 e. The highest BCUT2D eigenvalue weighted by Crippen LogP contribution is 2.19. The lowest BCUT2D eigenvalue weighted by Gasteiger charge is -2.07. The maximum absolute atomic E-state index is 12.0. The van der Waals surface area contributed by atoms with E-state index in [1.54, 1.807) is 48.3 Å². The molecule has 0 aliphatic rings. The van der Waals surface area contributed by atoms with Crippen molar-refractivity contribution in [3.63, 3.8) is 0 Å². The van der Waals surface area contributed by atoms with Crippen LogP contribution in [0.2, 0.25) is 0 Å². The molecule has 1 aromatic heterocycles. The van der Waals surface area contributed by atoms with Gasteiger partial charge in [0.2, 0.25) is 0 Å². The fraction of sp³-hybridized carbons (Fsp3) is 0.105. The summed E-state index contributed by atoms with van der Waals surface area (Å²) in [5.41, 5.74) is 2.68. The Kier molecular flexibility index (Phi) is 5.68. The molecule has 0 saturated carbocycles. The number of hydrogen-bond acceptors (Lipinski definition) is 5. The molecule has 0 radical (unpaired) electrons. The topological polar surface area (TPSA) is 101 Å². The standard InChI is InChI=1S/C19H18N6O2/c1-25-17(11-12-21-25)13-20-18(26)19(27)22-14-7-9-16(10-8-14)24-23-15-5-3-2-4-6-15/h2-12H,13H2,1H3,(H,20,26)(H,22,27). The number of azo groups is 1. The third-order valence-electron chi connectivity index (χ3n) is 3.72. The summed E-state index contributed by atoms with van der Waals surface area (Å²) in [6.07, 6.45) is 1.62. The van der Waals surface area contributed by atoms with Crippen molar-refractivity contribution in [2.75, 3.05) is 5.32 Å². The summed E-state index contributed by atoms with van der Waals surface area (Å²) in [7, 11) is 1.76. The normalized spacial score (nSPS) is 10.7. The minimum atomic E-state index is -0.740. The molecule has 2 N–H and O–H groups in total. The number of rotatable bonds is 5. The van der Waals surface area contributed by atoms with Gasteiger partial charge < -0.3 is 10.6 Å². The lowest BCUT2D eigenvalue weighted by Crippen LogP contribution is -2.35. The molecular weight excluding hydrogens is 344 g/mol. The van der Waals surface area contributed by atoms with Crippen molar-refractivity contribution in [2.45, 2.75) is 6.54 Å². The van der Waals surface area contributed by atoms with E-state index in [-0.39, 0.29) is 6.54 Å². The van der Waals surface area contributed by atoms with Crippen LogP contribution in [0.1, 0.15) is 5.69 Å². The third kappa shape index (κ3) is 5.08. The number of nitrogens with one attached hydrogen (secondary N) is 2. The second-order valence-corrected chi connectivity index (χ2v) is 5.67. The molecule has 0 atom stereocenters. The van der Waals surface area contributed by atoms with Crippen molar-refractivity contribution in [2.24, 2.45) is 17.3 Å². The second kappa shape index (κ2) is 8.52. The van der Waals surface area contributed by atoms with E-state index in [1.165, 1.54) is 0 Å². The first kappa shape index (κ1) is 18.0. The van der Waals surface area contributed by atoms with Gasteiger partial charge in [0, 0.05) is 18.9 Å². The maximum atomic E-state index is 12.0. The zero-order chi connectivity index (χ0) is 19.1. The summed E-state index contributed by atoms with van der Waals surface area (Å²) in [6, 6.07) is 17.9. The fourth-order valence-corrected chi connectivity index (χ4v) is 2.24. The molecule has 0 unspecified atom stereocenters. The minimum Gasteiger partial charge on any atom is -0.342 e. The summed E-state index contributed by atoms with van der Waals surface area (Å²) in [5, 5.41) is 17.3. The van der Waals surface area contributed by atoms with Crippen molar-refractivity contribution in [3.05, 3.63) is 72.6 Å². The van der Waals surface area contributed by atoms with Crippen LogP contribution in [0, 0.1) is 0 Å². The van der Waals surface area contributed by atoms with Crippen molar-refractivity contribution >= 4 is 28.9 Å². The van der Waals surface area contributed by atoms with Crippen molar-refractivity contribution < 1.29 is 9.59 Å². The SMILES string of the molecule is Cn1nccc1CNC(=O)C(=O)Nc1ccc(N=Nc2ccccc2)cc1. The Morgan fingerprint density at radius 3 is 2.22 bits per heavy atom. The number of anilines is 1. The number of carbonyl (C=O) groups excluding carboxylic acids is 2. The average Bonchev–Trinajstić information content (AvgIpc) is 3.11. The molecule has 3 rings (SSSR count). The van der Waals surface area contributed by atoms with Gasteiger partial charge in [0.1, 0.15) is 0 Å². The minimum absolute atomic E-state index is 0.224. The number of carbonyl (C=O) groups is 2. The van der Waals surface area contributed by atoms with E-state index in [4.69, 9.17) is 0 Å². The van der Waals surface area contributed by atoms with Gasteiger partial charge in [-0.2, -0.15) is 15.3 Å². The van der Waals surface area contributed by atoms with Gasteiger partial charge in [-0.1, -0.05) is 18.2 Å². The number of hydrogen-bond donors (Lipinski definition) is 2. The number of benzene rings is 2. The van der Waals surface area contributed by atoms with E-state index in [1.807, 2.05) is 30.3 Å². The summed E-state index contributed by atoms with van der Waals surface area (Å²) in [4.78, 5) is 23.9. The Bertz CT molecular complexity index is 948. The molecule has 0 aliphatic heterocycles. The average molecular weight is 362 g/mol. The van der Waals surface area contributed by atoms with E-state index in [0.29, 0.717) is 11.4 Å². The molecule has 0 saturated heterocycles. The zero-order valence-corrected chi connectivity index (χ0v) is 14.7. The van der Waals surface area contributed by atoms with Gasteiger partial charge >= 0.3 is 11.8 Å². The van der Waals surface area contributed by atoms with Crippen LogP contribution in [0.25, 0.3) is 0 Å². The molecule has 136 valence electrons. The molecule has 3 aromatic rings. The molecule has 0 aliphatic carbocycles. The van der Waals surface area contributed by atoms with E-state index in [0.717, 1.165) is 11.4 Å². The summed E-state index contributed by atoms with van der Waals surface area (Å²) in [6.45, 7) is 0.224. The van der Waals surface area contributed by atoms with Crippen LogP contribution in [0.5, 0.6) is 0 Å². The molecule has 0 bridgehead atoms. The first-order valence-electron chi connectivity index (χ1n) is 8.25. The Labute approximate surface area is 155 Å². The Balaban J connectivity index is 1.52. The molecule has 0 fully saturated rings. The number of aryl methyl sites for hydroxylation is 1. The highest BCUT2D eigenvalue weighted by molar-refractivity contribution is 6.39. The van der Waals surface area contributed by atoms with E-state index in [9.17, 15) is 9.59 Å². The second-order valence-electron chi connectivity index (χ2n) is 5.67. The lowest BCUT2D eigenvalue weighted by atomic mass is 10.3. The molecule has 8 nitrogen and oxygen atoms in total. The van der Waals surface area contributed by atoms with Gasteiger partial charge in [0.15, 0.2) is 0 Å². The van der Waals surface area contributed by atoms with Gasteiger partial charge in [0.05, 0.1) is 23.6 Å². The quantitative estimate of drug-likeness (QED) is 0.539. The van der Waals surface area contributed by atoms with Gasteiger partial charge in [-0.25, -0.2) is 0 Å². The van der Waals surface area contributed by atoms with Crippen LogP contribution in [0.4, 0.5) is 17.1 Å². The third-order valence-corrected chi connectivity index (χ3v) is 3.72. The number of nitrogens with zero attached hydrogens (tertiary/aromatic N) is 4. The van der Waals surface area contributed by atoms with E-state index in [2.05, 4.69) is 26.0 Å². The van der Waals surface area contributed by atoms with Crippen LogP contribution in [0.15, 0.2) is 77.1 Å².